The molecule has 2 aliphatic carbocycles. The van der Waals surface area contributed by atoms with Crippen LogP contribution >= 0.6 is 0 Å². The number of hydrogen-bond donors (Lipinski definition) is 1. The van der Waals surface area contributed by atoms with Crippen LogP contribution in [-0.2, 0) is 6.54 Å². The lowest BCUT2D eigenvalue weighted by Crippen LogP contribution is -2.15. The average molecular weight is 235 g/mol. The highest BCUT2D eigenvalue weighted by Gasteiger charge is 2.25. The predicted octanol–water partition coefficient (Wildman–Crippen LogP) is 2.62. The normalized spacial score (nSPS) is 29.5. The average Bonchev–Trinajstić information content (AvgIpc) is 3.06. The Morgan fingerprint density at radius 2 is 1.88 bits per heavy atom. The van der Waals surface area contributed by atoms with E-state index in [0.29, 0.717) is 12.0 Å². The summed E-state index contributed by atoms with van der Waals surface area (Å²) in [4.78, 5) is 0. The number of nitrogens with zero attached hydrogens (tertiary/aromatic N) is 2. The van der Waals surface area contributed by atoms with E-state index in [9.17, 15) is 0 Å². The molecule has 2 saturated carbocycles. The van der Waals surface area contributed by atoms with Crippen molar-refractivity contribution >= 4 is 0 Å². The fourth-order valence-electron chi connectivity index (χ4n) is 2.53. The molecule has 4 heteroatoms. The Morgan fingerprint density at radius 1 is 1.12 bits per heavy atom. The summed E-state index contributed by atoms with van der Waals surface area (Å²) < 4.78 is 5.75. The van der Waals surface area contributed by atoms with Gasteiger partial charge in [0.15, 0.2) is 0 Å². The topological polar surface area (TPSA) is 51.0 Å². The number of nitrogens with one attached hydrogen (secondary N) is 1. The van der Waals surface area contributed by atoms with E-state index in [4.69, 9.17) is 4.42 Å². The Labute approximate surface area is 102 Å². The summed E-state index contributed by atoms with van der Waals surface area (Å²) in [6.07, 6.45) is 7.59. The number of rotatable bonds is 4. The lowest BCUT2D eigenvalue weighted by molar-refractivity contribution is 0.300. The molecule has 1 heterocycles. The molecule has 0 bridgehead atoms. The van der Waals surface area contributed by atoms with Crippen LogP contribution < -0.4 is 5.32 Å². The number of hydrogen-bond acceptors (Lipinski definition) is 4. The highest BCUT2D eigenvalue weighted by atomic mass is 16.4. The molecule has 0 radical (unpaired) electrons. The zero-order valence-electron chi connectivity index (χ0n) is 10.5. The molecule has 3 rings (SSSR count). The first kappa shape index (κ1) is 11.2. The zero-order valence-corrected chi connectivity index (χ0v) is 10.5. The SMILES string of the molecule is CC1CCC(c2nnc(CNC3CC3)o2)CC1. The summed E-state index contributed by atoms with van der Waals surface area (Å²) in [6, 6.07) is 0.695. The van der Waals surface area contributed by atoms with Crippen molar-refractivity contribution in [3.63, 3.8) is 0 Å². The van der Waals surface area contributed by atoms with Crippen LogP contribution in [0.5, 0.6) is 0 Å². The van der Waals surface area contributed by atoms with Crippen molar-refractivity contribution in [3.8, 4) is 0 Å². The molecule has 0 atom stereocenters. The van der Waals surface area contributed by atoms with Crippen LogP contribution in [0.25, 0.3) is 0 Å². The Balaban J connectivity index is 1.55. The third-order valence-corrected chi connectivity index (χ3v) is 3.97. The first-order valence-corrected chi connectivity index (χ1v) is 6.87. The van der Waals surface area contributed by atoms with E-state index in [1.54, 1.807) is 0 Å². The van der Waals surface area contributed by atoms with Gasteiger partial charge in [-0.3, -0.25) is 0 Å². The quantitative estimate of drug-likeness (QED) is 0.871. The summed E-state index contributed by atoms with van der Waals surface area (Å²) in [7, 11) is 0. The zero-order chi connectivity index (χ0) is 11.7. The molecular formula is C13H21N3O. The van der Waals surface area contributed by atoms with Crippen molar-refractivity contribution in [2.24, 2.45) is 5.92 Å². The van der Waals surface area contributed by atoms with Gasteiger partial charge in [0.05, 0.1) is 6.54 Å². The molecule has 1 N–H and O–H groups in total. The molecule has 2 fully saturated rings. The molecule has 94 valence electrons. The van der Waals surface area contributed by atoms with Crippen molar-refractivity contribution in [2.75, 3.05) is 0 Å². The molecular weight excluding hydrogens is 214 g/mol. The van der Waals surface area contributed by atoms with Gasteiger partial charge in [-0.2, -0.15) is 0 Å². The van der Waals surface area contributed by atoms with Crippen molar-refractivity contribution in [1.82, 2.24) is 15.5 Å². The van der Waals surface area contributed by atoms with Crippen molar-refractivity contribution < 1.29 is 4.42 Å². The summed E-state index contributed by atoms with van der Waals surface area (Å²) >= 11 is 0. The van der Waals surface area contributed by atoms with Crippen LogP contribution in [-0.4, -0.2) is 16.2 Å². The summed E-state index contributed by atoms with van der Waals surface area (Å²) in [5.41, 5.74) is 0. The summed E-state index contributed by atoms with van der Waals surface area (Å²) in [6.45, 7) is 3.07. The van der Waals surface area contributed by atoms with E-state index in [0.717, 1.165) is 24.2 Å². The van der Waals surface area contributed by atoms with Crippen LogP contribution in [0.15, 0.2) is 4.42 Å². The van der Waals surface area contributed by atoms with Gasteiger partial charge in [-0.15, -0.1) is 10.2 Å². The first-order valence-electron chi connectivity index (χ1n) is 6.87. The third kappa shape index (κ3) is 2.86. The van der Waals surface area contributed by atoms with E-state index in [1.807, 2.05) is 0 Å². The Kier molecular flexibility index (Phi) is 3.14. The highest BCUT2D eigenvalue weighted by molar-refractivity contribution is 4.94. The standard InChI is InChI=1S/C13H21N3O/c1-9-2-4-10(5-3-9)13-16-15-12(17-13)8-14-11-6-7-11/h9-11,14H,2-8H2,1H3. The second kappa shape index (κ2) is 4.77. The fourth-order valence-corrected chi connectivity index (χ4v) is 2.53. The van der Waals surface area contributed by atoms with Gasteiger partial charge in [0.1, 0.15) is 0 Å². The lowest BCUT2D eigenvalue weighted by Gasteiger charge is -2.23. The minimum absolute atomic E-state index is 0.508. The minimum atomic E-state index is 0.508. The molecule has 0 amide bonds. The molecule has 1 aromatic rings. The van der Waals surface area contributed by atoms with Crippen molar-refractivity contribution in [1.29, 1.82) is 0 Å². The van der Waals surface area contributed by atoms with Crippen LogP contribution in [0, 0.1) is 5.92 Å². The Bertz CT molecular complexity index is 364. The Morgan fingerprint density at radius 3 is 2.59 bits per heavy atom. The maximum atomic E-state index is 5.75. The van der Waals surface area contributed by atoms with Crippen LogP contribution in [0.2, 0.25) is 0 Å². The molecule has 0 unspecified atom stereocenters. The molecule has 17 heavy (non-hydrogen) atoms. The maximum Gasteiger partial charge on any atom is 0.230 e. The van der Waals surface area contributed by atoms with Crippen molar-refractivity contribution in [2.45, 2.75) is 64.0 Å². The van der Waals surface area contributed by atoms with Crippen molar-refractivity contribution in [3.05, 3.63) is 11.8 Å². The first-order chi connectivity index (χ1) is 8.31. The Hall–Kier alpha value is -0.900. The van der Waals surface area contributed by atoms with E-state index in [-0.39, 0.29) is 0 Å². The van der Waals surface area contributed by atoms with Gasteiger partial charge < -0.3 is 9.73 Å². The fraction of sp³-hybridized carbons (Fsp3) is 0.846. The van der Waals surface area contributed by atoms with E-state index in [2.05, 4.69) is 22.4 Å². The minimum Gasteiger partial charge on any atom is -0.424 e. The van der Waals surface area contributed by atoms with E-state index >= 15 is 0 Å². The van der Waals surface area contributed by atoms with Crippen LogP contribution in [0.1, 0.15) is 63.1 Å². The molecule has 0 spiro atoms. The molecule has 1 aromatic heterocycles. The van der Waals surface area contributed by atoms with E-state index in [1.165, 1.54) is 38.5 Å². The maximum absolute atomic E-state index is 5.75. The predicted molar refractivity (Wildman–Crippen MR) is 64.5 cm³/mol. The van der Waals surface area contributed by atoms with Gasteiger partial charge >= 0.3 is 0 Å². The smallest absolute Gasteiger partial charge is 0.230 e. The second-order valence-corrected chi connectivity index (χ2v) is 5.65. The van der Waals surface area contributed by atoms with Crippen LogP contribution in [0.4, 0.5) is 0 Å². The molecule has 0 saturated heterocycles. The largest absolute Gasteiger partial charge is 0.424 e. The molecule has 2 aliphatic rings. The molecule has 4 nitrogen and oxygen atoms in total. The second-order valence-electron chi connectivity index (χ2n) is 5.65. The summed E-state index contributed by atoms with van der Waals surface area (Å²) in [5, 5.41) is 11.7. The number of aromatic nitrogens is 2. The van der Waals surface area contributed by atoms with Gasteiger partial charge in [0.25, 0.3) is 0 Å². The van der Waals surface area contributed by atoms with Gasteiger partial charge in [-0.1, -0.05) is 6.92 Å². The third-order valence-electron chi connectivity index (χ3n) is 3.97. The lowest BCUT2D eigenvalue weighted by atomic mass is 9.83. The monoisotopic (exact) mass is 235 g/mol. The molecule has 0 aromatic carbocycles. The van der Waals surface area contributed by atoms with E-state index < -0.39 is 0 Å². The van der Waals surface area contributed by atoms with Gasteiger partial charge in [-0.25, -0.2) is 0 Å². The highest BCUT2D eigenvalue weighted by Crippen LogP contribution is 2.34. The van der Waals surface area contributed by atoms with Crippen LogP contribution in [0.3, 0.4) is 0 Å². The van der Waals surface area contributed by atoms with Gasteiger partial charge in [0, 0.05) is 12.0 Å². The summed E-state index contributed by atoms with van der Waals surface area (Å²) in [5.74, 6) is 2.99. The van der Waals surface area contributed by atoms with Gasteiger partial charge in [0.2, 0.25) is 11.8 Å². The van der Waals surface area contributed by atoms with Gasteiger partial charge in [-0.05, 0) is 44.4 Å². The molecule has 0 aliphatic heterocycles.